The van der Waals surface area contributed by atoms with Gasteiger partial charge in [-0.05, 0) is 58.9 Å². The highest BCUT2D eigenvalue weighted by Crippen LogP contribution is 2.51. The summed E-state index contributed by atoms with van der Waals surface area (Å²) in [6, 6.07) is 10.1. The van der Waals surface area contributed by atoms with Gasteiger partial charge in [0.2, 0.25) is 6.41 Å². The van der Waals surface area contributed by atoms with E-state index >= 15 is 0 Å². The summed E-state index contributed by atoms with van der Waals surface area (Å²) in [5.41, 5.74) is 1.14. The second kappa shape index (κ2) is 11.3. The number of benzene rings is 1. The van der Waals surface area contributed by atoms with Crippen LogP contribution in [0.5, 0.6) is 0 Å². The standard InChI is InChI=1S/C15H23NO3.C8H10O.C2H6/c1-11-9-14(12(18)19-13(2,3)4)5-7-15(11,8-6-14)16-10-17;1-9-7-8-5-3-2-4-6-8;1-2/h9-10H,5-8H2,1-4H3,(H,16,17);2-6H,7H2,1H3;1-2H3. The summed E-state index contributed by atoms with van der Waals surface area (Å²) in [7, 11) is 1.70. The minimum absolute atomic E-state index is 0.126. The van der Waals surface area contributed by atoms with E-state index in [1.807, 2.05) is 78.0 Å². The zero-order valence-corrected chi connectivity index (χ0v) is 19.7. The lowest BCUT2D eigenvalue weighted by Crippen LogP contribution is -2.56. The quantitative estimate of drug-likeness (QED) is 0.407. The lowest BCUT2D eigenvalue weighted by Gasteiger charge is -2.50. The first-order chi connectivity index (χ1) is 14.2. The average Bonchev–Trinajstić information content (AvgIpc) is 2.71. The van der Waals surface area contributed by atoms with Crippen molar-refractivity contribution >= 4 is 12.4 Å². The van der Waals surface area contributed by atoms with Crippen LogP contribution in [0.25, 0.3) is 0 Å². The van der Waals surface area contributed by atoms with Crippen LogP contribution in [0, 0.1) is 5.41 Å². The molecule has 30 heavy (non-hydrogen) atoms. The van der Waals surface area contributed by atoms with E-state index in [1.165, 1.54) is 5.56 Å². The Kier molecular flexibility index (Phi) is 9.76. The summed E-state index contributed by atoms with van der Waals surface area (Å²) in [5.74, 6) is -0.126. The van der Waals surface area contributed by atoms with Crippen LogP contribution in [-0.4, -0.2) is 30.6 Å². The first-order valence-electron chi connectivity index (χ1n) is 10.8. The Morgan fingerprint density at radius 3 is 2.10 bits per heavy atom. The monoisotopic (exact) mass is 417 g/mol. The van der Waals surface area contributed by atoms with Gasteiger partial charge in [-0.1, -0.05) is 55.8 Å². The topological polar surface area (TPSA) is 64.6 Å². The van der Waals surface area contributed by atoms with Crippen LogP contribution in [0.2, 0.25) is 0 Å². The molecule has 4 rings (SSSR count). The number of ether oxygens (including phenoxy) is 2. The van der Waals surface area contributed by atoms with E-state index in [9.17, 15) is 9.59 Å². The first kappa shape index (κ1) is 25.9. The summed E-state index contributed by atoms with van der Waals surface area (Å²) in [6.45, 7) is 12.4. The van der Waals surface area contributed by atoms with Crippen molar-refractivity contribution in [2.75, 3.05) is 7.11 Å². The van der Waals surface area contributed by atoms with Gasteiger partial charge in [-0.15, -0.1) is 0 Å². The molecule has 2 bridgehead atoms. The van der Waals surface area contributed by atoms with Gasteiger partial charge in [0.25, 0.3) is 0 Å². The summed E-state index contributed by atoms with van der Waals surface area (Å²) < 4.78 is 10.5. The van der Waals surface area contributed by atoms with Crippen LogP contribution in [-0.2, 0) is 25.7 Å². The minimum atomic E-state index is -0.482. The predicted octanol–water partition coefficient (Wildman–Crippen LogP) is 5.19. The third-order valence-corrected chi connectivity index (χ3v) is 5.54. The highest BCUT2D eigenvalue weighted by molar-refractivity contribution is 5.81. The maximum Gasteiger partial charge on any atom is 0.316 e. The van der Waals surface area contributed by atoms with E-state index in [1.54, 1.807) is 7.11 Å². The van der Waals surface area contributed by atoms with E-state index in [2.05, 4.69) is 5.32 Å². The van der Waals surface area contributed by atoms with Crippen LogP contribution in [0.3, 0.4) is 0 Å². The second-order valence-corrected chi connectivity index (χ2v) is 8.75. The Morgan fingerprint density at radius 1 is 1.10 bits per heavy atom. The molecule has 0 heterocycles. The molecule has 1 fully saturated rings. The molecule has 3 aliphatic carbocycles. The molecule has 1 saturated carbocycles. The molecule has 0 saturated heterocycles. The smallest absolute Gasteiger partial charge is 0.316 e. The third-order valence-electron chi connectivity index (χ3n) is 5.54. The van der Waals surface area contributed by atoms with Crippen molar-refractivity contribution < 1.29 is 19.1 Å². The number of carbonyl (C=O) groups is 2. The molecule has 168 valence electrons. The van der Waals surface area contributed by atoms with E-state index in [4.69, 9.17) is 9.47 Å². The molecule has 1 aromatic carbocycles. The van der Waals surface area contributed by atoms with Crippen molar-refractivity contribution in [1.29, 1.82) is 0 Å². The normalized spacial score (nSPS) is 24.3. The fourth-order valence-corrected chi connectivity index (χ4v) is 3.97. The summed E-state index contributed by atoms with van der Waals surface area (Å²) >= 11 is 0. The summed E-state index contributed by atoms with van der Waals surface area (Å²) in [6.07, 6.45) is 5.91. The van der Waals surface area contributed by atoms with Gasteiger partial charge in [-0.25, -0.2) is 0 Å². The average molecular weight is 418 g/mol. The maximum absolute atomic E-state index is 12.4. The van der Waals surface area contributed by atoms with E-state index in [0.29, 0.717) is 6.61 Å². The van der Waals surface area contributed by atoms with Crippen LogP contribution in [0.15, 0.2) is 42.0 Å². The number of methoxy groups -OCH3 is 1. The molecule has 0 aromatic heterocycles. The number of hydrogen-bond donors (Lipinski definition) is 1. The third kappa shape index (κ3) is 6.69. The zero-order valence-electron chi connectivity index (χ0n) is 19.7. The molecule has 0 atom stereocenters. The van der Waals surface area contributed by atoms with Crippen molar-refractivity contribution in [1.82, 2.24) is 5.32 Å². The highest BCUT2D eigenvalue weighted by atomic mass is 16.6. The largest absolute Gasteiger partial charge is 0.459 e. The first-order valence-corrected chi connectivity index (χ1v) is 10.8. The van der Waals surface area contributed by atoms with Crippen molar-refractivity contribution in [3.05, 3.63) is 47.5 Å². The molecule has 1 aromatic rings. The van der Waals surface area contributed by atoms with Gasteiger partial charge in [-0.2, -0.15) is 0 Å². The van der Waals surface area contributed by atoms with E-state index in [0.717, 1.165) is 37.7 Å². The summed E-state index contributed by atoms with van der Waals surface area (Å²) in [5, 5.41) is 2.94. The molecule has 1 amide bonds. The maximum atomic E-state index is 12.4. The van der Waals surface area contributed by atoms with Crippen molar-refractivity contribution in [3.8, 4) is 0 Å². The molecule has 0 spiro atoms. The summed E-state index contributed by atoms with van der Waals surface area (Å²) in [4.78, 5) is 23.2. The highest BCUT2D eigenvalue weighted by Gasteiger charge is 2.52. The Hall–Kier alpha value is -2.14. The van der Waals surface area contributed by atoms with Gasteiger partial charge in [0.15, 0.2) is 0 Å². The lowest BCUT2D eigenvalue weighted by atomic mass is 9.59. The fraction of sp³-hybridized carbons (Fsp3) is 0.600. The number of hydrogen-bond acceptors (Lipinski definition) is 4. The van der Waals surface area contributed by atoms with Gasteiger partial charge < -0.3 is 14.8 Å². The Balaban J connectivity index is 0.000000342. The molecule has 5 nitrogen and oxygen atoms in total. The van der Waals surface area contributed by atoms with E-state index in [-0.39, 0.29) is 11.5 Å². The Morgan fingerprint density at radius 2 is 1.67 bits per heavy atom. The predicted molar refractivity (Wildman–Crippen MR) is 121 cm³/mol. The zero-order chi connectivity index (χ0) is 22.8. The number of carbonyl (C=O) groups excluding carboxylic acids is 2. The fourth-order valence-electron chi connectivity index (χ4n) is 3.97. The molecule has 5 heteroatoms. The SMILES string of the molecule is CC.CC1=CC2(C(=O)OC(C)(C)C)CCC1(NC=O)CC2.COCc1ccccc1. The molecular formula is C25H39NO4. The van der Waals surface area contributed by atoms with Crippen LogP contribution >= 0.6 is 0 Å². The number of nitrogens with one attached hydrogen (secondary N) is 1. The molecular weight excluding hydrogens is 378 g/mol. The Bertz CT molecular complexity index is 696. The number of esters is 1. The van der Waals surface area contributed by atoms with Crippen molar-refractivity contribution in [2.24, 2.45) is 5.41 Å². The second-order valence-electron chi connectivity index (χ2n) is 8.75. The van der Waals surface area contributed by atoms with Crippen molar-refractivity contribution in [2.45, 2.75) is 85.0 Å². The van der Waals surface area contributed by atoms with Gasteiger partial charge in [0.05, 0.1) is 17.6 Å². The van der Waals surface area contributed by atoms with Crippen LogP contribution in [0.4, 0.5) is 0 Å². The Labute approximate surface area is 182 Å². The molecule has 0 unspecified atom stereocenters. The van der Waals surface area contributed by atoms with Crippen molar-refractivity contribution in [3.63, 3.8) is 0 Å². The van der Waals surface area contributed by atoms with Gasteiger partial charge in [0, 0.05) is 7.11 Å². The van der Waals surface area contributed by atoms with E-state index < -0.39 is 11.0 Å². The van der Waals surface area contributed by atoms with Crippen LogP contribution in [0.1, 0.15) is 72.8 Å². The van der Waals surface area contributed by atoms with Gasteiger partial charge >= 0.3 is 5.97 Å². The van der Waals surface area contributed by atoms with Gasteiger partial charge in [0.1, 0.15) is 5.60 Å². The van der Waals surface area contributed by atoms with Gasteiger partial charge in [-0.3, -0.25) is 9.59 Å². The van der Waals surface area contributed by atoms with Crippen LogP contribution < -0.4 is 5.32 Å². The molecule has 0 aliphatic heterocycles. The number of rotatable bonds is 5. The molecule has 0 radical (unpaired) electrons. The number of amides is 1. The lowest BCUT2D eigenvalue weighted by molar-refractivity contribution is -0.167. The molecule has 3 aliphatic rings. The molecule has 1 N–H and O–H groups in total. The minimum Gasteiger partial charge on any atom is -0.459 e. The number of fused-ring (bicyclic) bond motifs is 2.